The van der Waals surface area contributed by atoms with Gasteiger partial charge in [0.25, 0.3) is 0 Å². The maximum absolute atomic E-state index is 14.0. The fraction of sp³-hybridized carbons (Fsp3) is 0.258. The minimum absolute atomic E-state index is 0.0635. The summed E-state index contributed by atoms with van der Waals surface area (Å²) in [5, 5.41) is 2.71. The molecule has 0 unspecified atom stereocenters. The van der Waals surface area contributed by atoms with Gasteiger partial charge in [0.2, 0.25) is 5.91 Å². The molecule has 3 heterocycles. The second kappa shape index (κ2) is 11.0. The number of carbonyl (C=O) groups is 2. The van der Waals surface area contributed by atoms with Gasteiger partial charge in [-0.1, -0.05) is 41.9 Å². The van der Waals surface area contributed by atoms with Crippen molar-refractivity contribution in [3.63, 3.8) is 0 Å². The van der Waals surface area contributed by atoms with E-state index in [1.807, 2.05) is 35.9 Å². The zero-order chi connectivity index (χ0) is 28.7. The number of amides is 3. The van der Waals surface area contributed by atoms with Gasteiger partial charge < -0.3 is 9.30 Å². The standard InChI is InChI=1S/C31H29ClFN5O3/c1-19-24-14-21(30-34-15-29(36(30)2)38-13-12-28(39)35-31(38)40)8-9-22(24)17-37(19)16-20-6-10-23(11-7-20)41-18-25-26(32)4-3-5-27(25)33/h3-11,14-15,19H,12-13,16-18H2,1-2H3,(H,35,39,40)/t19-/m0/s1. The molecule has 10 heteroatoms. The maximum atomic E-state index is 14.0. The quantitative estimate of drug-likeness (QED) is 0.294. The minimum Gasteiger partial charge on any atom is -0.489 e. The molecule has 1 fully saturated rings. The third-order valence-corrected chi connectivity index (χ3v) is 8.18. The first-order valence-electron chi connectivity index (χ1n) is 13.4. The van der Waals surface area contributed by atoms with Crippen LogP contribution in [0.2, 0.25) is 5.02 Å². The number of benzene rings is 3. The number of urea groups is 1. The lowest BCUT2D eigenvalue weighted by Gasteiger charge is -2.26. The van der Waals surface area contributed by atoms with Gasteiger partial charge in [-0.25, -0.2) is 14.2 Å². The normalized spacial score (nSPS) is 17.1. The number of anilines is 1. The van der Waals surface area contributed by atoms with Crippen LogP contribution < -0.4 is 15.0 Å². The molecule has 2 aliphatic heterocycles. The Hall–Kier alpha value is -4.21. The molecular formula is C31H29ClFN5O3. The molecule has 8 nitrogen and oxygen atoms in total. The van der Waals surface area contributed by atoms with Crippen LogP contribution in [0.15, 0.2) is 66.9 Å². The number of ether oxygens (including phenoxy) is 1. The van der Waals surface area contributed by atoms with E-state index in [0.29, 0.717) is 28.7 Å². The number of imide groups is 1. The van der Waals surface area contributed by atoms with Gasteiger partial charge in [0.15, 0.2) is 0 Å². The van der Waals surface area contributed by atoms with Crippen molar-refractivity contribution >= 4 is 29.4 Å². The Morgan fingerprint density at radius 2 is 1.93 bits per heavy atom. The van der Waals surface area contributed by atoms with Gasteiger partial charge >= 0.3 is 6.03 Å². The molecule has 41 heavy (non-hydrogen) atoms. The molecule has 1 saturated heterocycles. The Bertz CT molecular complexity index is 1620. The Labute approximate surface area is 242 Å². The van der Waals surface area contributed by atoms with E-state index in [2.05, 4.69) is 40.3 Å². The molecule has 0 bridgehead atoms. The van der Waals surface area contributed by atoms with E-state index >= 15 is 0 Å². The van der Waals surface area contributed by atoms with Gasteiger partial charge in [-0.2, -0.15) is 0 Å². The lowest BCUT2D eigenvalue weighted by atomic mass is 10.0. The van der Waals surface area contributed by atoms with Crippen LogP contribution in [0.4, 0.5) is 15.0 Å². The largest absolute Gasteiger partial charge is 0.489 e. The fourth-order valence-electron chi connectivity index (χ4n) is 5.47. The SMILES string of the molecule is C[C@H]1c2cc(-c3ncc(N4CCC(=O)NC4=O)n3C)ccc2CN1Cc1ccc(OCc2c(F)cccc2Cl)cc1. The number of hydrogen-bond acceptors (Lipinski definition) is 5. The molecule has 3 aromatic carbocycles. The second-order valence-corrected chi connectivity index (χ2v) is 10.8. The third-order valence-electron chi connectivity index (χ3n) is 7.82. The van der Waals surface area contributed by atoms with Crippen LogP contribution in [0, 0.1) is 5.82 Å². The molecule has 1 atom stereocenters. The van der Waals surface area contributed by atoms with Crippen LogP contribution in [-0.2, 0) is 31.5 Å². The van der Waals surface area contributed by atoms with Crippen molar-refractivity contribution in [2.24, 2.45) is 7.05 Å². The number of rotatable bonds is 7. The van der Waals surface area contributed by atoms with E-state index < -0.39 is 6.03 Å². The van der Waals surface area contributed by atoms with Crippen LogP contribution in [0.1, 0.15) is 41.6 Å². The van der Waals surface area contributed by atoms with E-state index in [0.717, 1.165) is 30.0 Å². The Balaban J connectivity index is 1.12. The predicted molar refractivity (Wildman–Crippen MR) is 154 cm³/mol. The first kappa shape index (κ1) is 27.0. The van der Waals surface area contributed by atoms with Crippen molar-refractivity contribution < 1.29 is 18.7 Å². The molecule has 210 valence electrons. The number of hydrogen-bond donors (Lipinski definition) is 1. The average Bonchev–Trinajstić information content (AvgIpc) is 3.48. The zero-order valence-corrected chi connectivity index (χ0v) is 23.5. The summed E-state index contributed by atoms with van der Waals surface area (Å²) >= 11 is 6.11. The summed E-state index contributed by atoms with van der Waals surface area (Å²) in [6.45, 7) is 4.18. The number of nitrogens with one attached hydrogen (secondary N) is 1. The topological polar surface area (TPSA) is 79.7 Å². The number of nitrogens with zero attached hydrogens (tertiary/aromatic N) is 4. The Kier molecular flexibility index (Phi) is 7.23. The molecule has 1 N–H and O–H groups in total. The van der Waals surface area contributed by atoms with Crippen molar-refractivity contribution in [3.05, 3.63) is 100.0 Å². The van der Waals surface area contributed by atoms with E-state index in [-0.39, 0.29) is 30.8 Å². The van der Waals surface area contributed by atoms with E-state index in [4.69, 9.17) is 16.3 Å². The summed E-state index contributed by atoms with van der Waals surface area (Å²) in [6, 6.07) is 18.6. The van der Waals surface area contributed by atoms with Crippen LogP contribution >= 0.6 is 11.6 Å². The van der Waals surface area contributed by atoms with Crippen LogP contribution in [-0.4, -0.2) is 32.9 Å². The molecule has 4 aromatic rings. The highest BCUT2D eigenvalue weighted by molar-refractivity contribution is 6.31. The lowest BCUT2D eigenvalue weighted by molar-refractivity contribution is -0.120. The van der Waals surface area contributed by atoms with E-state index in [9.17, 15) is 14.0 Å². The van der Waals surface area contributed by atoms with Crippen molar-refractivity contribution in [2.45, 2.75) is 39.1 Å². The number of imidazole rings is 1. The van der Waals surface area contributed by atoms with Gasteiger partial charge in [-0.05, 0) is 53.9 Å². The number of aromatic nitrogens is 2. The molecule has 0 radical (unpaired) electrons. The highest BCUT2D eigenvalue weighted by Crippen LogP contribution is 2.37. The predicted octanol–water partition coefficient (Wildman–Crippen LogP) is 5.98. The third kappa shape index (κ3) is 5.30. The van der Waals surface area contributed by atoms with Gasteiger partial charge in [0.05, 0.1) is 11.2 Å². The van der Waals surface area contributed by atoms with Crippen LogP contribution in [0.3, 0.4) is 0 Å². The first-order chi connectivity index (χ1) is 19.8. The monoisotopic (exact) mass is 573 g/mol. The molecule has 2 aliphatic rings. The molecule has 0 spiro atoms. The number of halogens is 2. The molecule has 6 rings (SSSR count). The number of carbonyl (C=O) groups excluding carboxylic acids is 2. The van der Waals surface area contributed by atoms with Crippen molar-refractivity contribution in [2.75, 3.05) is 11.4 Å². The molecule has 0 saturated carbocycles. The van der Waals surface area contributed by atoms with E-state index in [1.54, 1.807) is 23.2 Å². The molecule has 3 amide bonds. The summed E-state index contributed by atoms with van der Waals surface area (Å²) in [4.78, 5) is 32.4. The van der Waals surface area contributed by atoms with Gasteiger partial charge in [-0.3, -0.25) is 19.9 Å². The molecule has 1 aromatic heterocycles. The summed E-state index contributed by atoms with van der Waals surface area (Å²) in [6.07, 6.45) is 1.93. The Morgan fingerprint density at radius 3 is 2.68 bits per heavy atom. The van der Waals surface area contributed by atoms with Crippen molar-refractivity contribution in [1.82, 2.24) is 19.8 Å². The van der Waals surface area contributed by atoms with Gasteiger partial charge in [0, 0.05) is 50.3 Å². The Morgan fingerprint density at radius 1 is 1.12 bits per heavy atom. The minimum atomic E-state index is -0.428. The fourth-order valence-corrected chi connectivity index (χ4v) is 5.68. The van der Waals surface area contributed by atoms with Crippen LogP contribution in [0.5, 0.6) is 5.75 Å². The van der Waals surface area contributed by atoms with E-state index in [1.165, 1.54) is 17.2 Å². The van der Waals surface area contributed by atoms with Crippen LogP contribution in [0.25, 0.3) is 11.4 Å². The first-order valence-corrected chi connectivity index (χ1v) is 13.8. The highest BCUT2D eigenvalue weighted by Gasteiger charge is 2.29. The highest BCUT2D eigenvalue weighted by atomic mass is 35.5. The number of fused-ring (bicyclic) bond motifs is 1. The lowest BCUT2D eigenvalue weighted by Crippen LogP contribution is -2.50. The smallest absolute Gasteiger partial charge is 0.329 e. The van der Waals surface area contributed by atoms with Crippen molar-refractivity contribution in [3.8, 4) is 17.1 Å². The maximum Gasteiger partial charge on any atom is 0.329 e. The van der Waals surface area contributed by atoms with Gasteiger partial charge in [0.1, 0.15) is 29.8 Å². The summed E-state index contributed by atoms with van der Waals surface area (Å²) in [5.74, 6) is 1.41. The molecule has 0 aliphatic carbocycles. The second-order valence-electron chi connectivity index (χ2n) is 10.4. The average molecular weight is 574 g/mol. The molecular weight excluding hydrogens is 545 g/mol. The summed E-state index contributed by atoms with van der Waals surface area (Å²) in [7, 11) is 1.88. The van der Waals surface area contributed by atoms with Gasteiger partial charge in [-0.15, -0.1) is 0 Å². The van der Waals surface area contributed by atoms with Crippen molar-refractivity contribution in [1.29, 1.82) is 0 Å². The summed E-state index contributed by atoms with van der Waals surface area (Å²) in [5.41, 5.74) is 4.97. The summed E-state index contributed by atoms with van der Waals surface area (Å²) < 4.78 is 21.7. The zero-order valence-electron chi connectivity index (χ0n) is 22.7.